The van der Waals surface area contributed by atoms with Crippen LogP contribution in [0.2, 0.25) is 0 Å². The van der Waals surface area contributed by atoms with Crippen LogP contribution in [0.15, 0.2) is 24.3 Å². The Hall–Kier alpha value is -1.18. The van der Waals surface area contributed by atoms with Crippen molar-refractivity contribution in [2.75, 3.05) is 17.0 Å². The van der Waals surface area contributed by atoms with Gasteiger partial charge in [0.15, 0.2) is 5.13 Å². The highest BCUT2D eigenvalue weighted by molar-refractivity contribution is 7.92. The van der Waals surface area contributed by atoms with Crippen LogP contribution in [0.4, 0.5) is 5.13 Å². The van der Waals surface area contributed by atoms with Gasteiger partial charge >= 0.3 is 0 Å². The molecule has 2 aromatic rings. The summed E-state index contributed by atoms with van der Waals surface area (Å²) in [6.07, 6.45) is 0.582. The van der Waals surface area contributed by atoms with Gasteiger partial charge in [-0.3, -0.25) is 4.72 Å². The third kappa shape index (κ3) is 4.43. The highest BCUT2D eigenvalue weighted by Gasteiger charge is 2.13. The van der Waals surface area contributed by atoms with E-state index >= 15 is 0 Å². The van der Waals surface area contributed by atoms with Crippen LogP contribution in [0, 0.1) is 0 Å². The number of hydrogen-bond acceptors (Lipinski definition) is 5. The lowest BCUT2D eigenvalue weighted by molar-refractivity contribution is 0.571. The monoisotopic (exact) mass is 313 g/mol. The third-order valence-corrected chi connectivity index (χ3v) is 5.09. The van der Waals surface area contributed by atoms with E-state index in [1.165, 1.54) is 11.3 Å². The van der Waals surface area contributed by atoms with Crippen molar-refractivity contribution in [2.24, 2.45) is 0 Å². The molecule has 0 aliphatic rings. The SMILES string of the molecule is CC(C)NCCCS(=O)(=O)Nc1nc2ccccc2s1. The Morgan fingerprint density at radius 3 is 2.75 bits per heavy atom. The lowest BCUT2D eigenvalue weighted by atomic mass is 10.3. The molecule has 2 N–H and O–H groups in total. The van der Waals surface area contributed by atoms with Crippen LogP contribution in [-0.4, -0.2) is 31.7 Å². The third-order valence-electron chi connectivity index (χ3n) is 2.68. The summed E-state index contributed by atoms with van der Waals surface area (Å²) in [5.74, 6) is 0.0998. The first-order chi connectivity index (χ1) is 9.46. The highest BCUT2D eigenvalue weighted by Crippen LogP contribution is 2.26. The van der Waals surface area contributed by atoms with E-state index < -0.39 is 10.0 Å². The second-order valence-electron chi connectivity index (χ2n) is 4.87. The Bertz CT molecular complexity index is 632. The Labute approximate surface area is 123 Å². The zero-order valence-corrected chi connectivity index (χ0v) is 13.2. The molecule has 0 saturated heterocycles. The van der Waals surface area contributed by atoms with E-state index in [1.807, 2.05) is 38.1 Å². The molecule has 110 valence electrons. The fourth-order valence-electron chi connectivity index (χ4n) is 1.75. The number of aromatic nitrogens is 1. The molecule has 0 aliphatic carbocycles. The number of fused-ring (bicyclic) bond motifs is 1. The van der Waals surface area contributed by atoms with Crippen molar-refractivity contribution in [3.8, 4) is 0 Å². The average Bonchev–Trinajstić information content (AvgIpc) is 2.75. The summed E-state index contributed by atoms with van der Waals surface area (Å²) in [4.78, 5) is 4.27. The van der Waals surface area contributed by atoms with Crippen molar-refractivity contribution in [2.45, 2.75) is 26.3 Å². The number of nitrogens with one attached hydrogen (secondary N) is 2. The topological polar surface area (TPSA) is 71.1 Å². The molecule has 0 saturated carbocycles. The molecule has 7 heteroatoms. The summed E-state index contributed by atoms with van der Waals surface area (Å²) in [7, 11) is -3.32. The van der Waals surface area contributed by atoms with Gasteiger partial charge in [0.05, 0.1) is 16.0 Å². The molecule has 0 aliphatic heterocycles. The van der Waals surface area contributed by atoms with E-state index in [4.69, 9.17) is 0 Å². The second kappa shape index (κ2) is 6.51. The Morgan fingerprint density at radius 1 is 1.30 bits per heavy atom. The molecule has 2 rings (SSSR count). The number of nitrogens with zero attached hydrogens (tertiary/aromatic N) is 1. The van der Waals surface area contributed by atoms with Crippen LogP contribution in [0.5, 0.6) is 0 Å². The summed E-state index contributed by atoms with van der Waals surface area (Å²) in [6, 6.07) is 7.97. The van der Waals surface area contributed by atoms with Gasteiger partial charge in [-0.1, -0.05) is 37.3 Å². The van der Waals surface area contributed by atoms with E-state index in [0.717, 1.165) is 10.2 Å². The Kier molecular flexibility index (Phi) is 4.95. The van der Waals surface area contributed by atoms with Crippen molar-refractivity contribution in [3.05, 3.63) is 24.3 Å². The Morgan fingerprint density at radius 2 is 2.05 bits per heavy atom. The first-order valence-electron chi connectivity index (χ1n) is 6.56. The van der Waals surface area contributed by atoms with Crippen LogP contribution >= 0.6 is 11.3 Å². The number of sulfonamides is 1. The standard InChI is InChI=1S/C13H19N3O2S2/c1-10(2)14-8-5-9-20(17,18)16-13-15-11-6-3-4-7-12(11)19-13/h3-4,6-7,10,14H,5,8-9H2,1-2H3,(H,15,16). The van der Waals surface area contributed by atoms with Gasteiger partial charge in [0.2, 0.25) is 10.0 Å². The van der Waals surface area contributed by atoms with Gasteiger partial charge in [0.25, 0.3) is 0 Å². The fraction of sp³-hybridized carbons (Fsp3) is 0.462. The second-order valence-corrected chi connectivity index (χ2v) is 7.74. The molecule has 0 amide bonds. The van der Waals surface area contributed by atoms with Gasteiger partial charge in [-0.05, 0) is 25.1 Å². The minimum Gasteiger partial charge on any atom is -0.314 e. The molecule has 0 fully saturated rings. The van der Waals surface area contributed by atoms with Gasteiger partial charge in [0.1, 0.15) is 0 Å². The van der Waals surface area contributed by atoms with Crippen molar-refractivity contribution in [3.63, 3.8) is 0 Å². The summed E-state index contributed by atoms with van der Waals surface area (Å²) >= 11 is 1.35. The largest absolute Gasteiger partial charge is 0.314 e. The van der Waals surface area contributed by atoms with Crippen molar-refractivity contribution < 1.29 is 8.42 Å². The molecule has 1 aromatic heterocycles. The predicted octanol–water partition coefficient (Wildman–Crippen LogP) is 2.43. The van der Waals surface area contributed by atoms with Gasteiger partial charge < -0.3 is 5.32 Å². The molecule has 0 radical (unpaired) electrons. The van der Waals surface area contributed by atoms with E-state index in [2.05, 4.69) is 15.0 Å². The van der Waals surface area contributed by atoms with Gasteiger partial charge in [-0.25, -0.2) is 13.4 Å². The van der Waals surface area contributed by atoms with Crippen LogP contribution < -0.4 is 10.0 Å². The number of benzene rings is 1. The molecule has 20 heavy (non-hydrogen) atoms. The summed E-state index contributed by atoms with van der Waals surface area (Å²) < 4.78 is 27.4. The number of para-hydroxylation sites is 1. The summed E-state index contributed by atoms with van der Waals surface area (Å²) in [6.45, 7) is 4.76. The number of thiazole rings is 1. The lowest BCUT2D eigenvalue weighted by Crippen LogP contribution is -2.26. The quantitative estimate of drug-likeness (QED) is 0.770. The van der Waals surface area contributed by atoms with E-state index in [0.29, 0.717) is 24.1 Å². The molecule has 1 aromatic carbocycles. The summed E-state index contributed by atoms with van der Waals surface area (Å²) in [5, 5.41) is 3.63. The molecule has 0 spiro atoms. The zero-order valence-electron chi connectivity index (χ0n) is 11.6. The minimum absolute atomic E-state index is 0.0998. The predicted molar refractivity (Wildman–Crippen MR) is 84.8 cm³/mol. The van der Waals surface area contributed by atoms with Gasteiger partial charge in [0, 0.05) is 6.04 Å². The minimum atomic E-state index is -3.32. The van der Waals surface area contributed by atoms with Crippen LogP contribution in [0.25, 0.3) is 10.2 Å². The van der Waals surface area contributed by atoms with Crippen LogP contribution in [-0.2, 0) is 10.0 Å². The molecular formula is C13H19N3O2S2. The average molecular weight is 313 g/mol. The maximum Gasteiger partial charge on any atom is 0.234 e. The molecule has 0 bridgehead atoms. The molecule has 0 atom stereocenters. The molecule has 5 nitrogen and oxygen atoms in total. The van der Waals surface area contributed by atoms with E-state index in [1.54, 1.807) is 0 Å². The fourth-order valence-corrected chi connectivity index (χ4v) is 3.96. The van der Waals surface area contributed by atoms with Crippen molar-refractivity contribution in [1.29, 1.82) is 0 Å². The van der Waals surface area contributed by atoms with Crippen molar-refractivity contribution in [1.82, 2.24) is 10.3 Å². The van der Waals surface area contributed by atoms with Crippen LogP contribution in [0.3, 0.4) is 0 Å². The normalized spacial score (nSPS) is 12.2. The zero-order chi connectivity index (χ0) is 14.6. The first-order valence-corrected chi connectivity index (χ1v) is 9.02. The van der Waals surface area contributed by atoms with Crippen LogP contribution in [0.1, 0.15) is 20.3 Å². The number of hydrogen-bond donors (Lipinski definition) is 2. The van der Waals surface area contributed by atoms with Gasteiger partial charge in [-0.15, -0.1) is 0 Å². The van der Waals surface area contributed by atoms with E-state index in [-0.39, 0.29) is 5.75 Å². The maximum atomic E-state index is 11.9. The lowest BCUT2D eigenvalue weighted by Gasteiger charge is -2.08. The molecular weight excluding hydrogens is 294 g/mol. The van der Waals surface area contributed by atoms with Crippen molar-refractivity contribution >= 4 is 36.7 Å². The Balaban J connectivity index is 1.94. The smallest absolute Gasteiger partial charge is 0.234 e. The summed E-state index contributed by atoms with van der Waals surface area (Å²) in [5.41, 5.74) is 0.816. The molecule has 1 heterocycles. The van der Waals surface area contributed by atoms with Gasteiger partial charge in [-0.2, -0.15) is 0 Å². The first kappa shape index (κ1) is 15.2. The maximum absolute atomic E-state index is 11.9. The molecule has 0 unspecified atom stereocenters. The number of rotatable bonds is 7. The number of anilines is 1. The van der Waals surface area contributed by atoms with E-state index in [9.17, 15) is 8.42 Å². The highest BCUT2D eigenvalue weighted by atomic mass is 32.2.